The van der Waals surface area contributed by atoms with Crippen molar-refractivity contribution in [3.63, 3.8) is 0 Å². The van der Waals surface area contributed by atoms with Crippen LogP contribution in [0.3, 0.4) is 0 Å². The molecule has 1 amide bonds. The van der Waals surface area contributed by atoms with Gasteiger partial charge in [-0.1, -0.05) is 18.2 Å². The number of hydrogen-bond acceptors (Lipinski definition) is 4. The molecule has 5 N–H and O–H groups in total. The van der Waals surface area contributed by atoms with Gasteiger partial charge in [0.15, 0.2) is 0 Å². The summed E-state index contributed by atoms with van der Waals surface area (Å²) in [5.74, 6) is 0.727. The van der Waals surface area contributed by atoms with Gasteiger partial charge in [0.2, 0.25) is 0 Å². The summed E-state index contributed by atoms with van der Waals surface area (Å²) in [5.41, 5.74) is 15.8. The van der Waals surface area contributed by atoms with Crippen LogP contribution in [0.2, 0.25) is 0 Å². The zero-order valence-corrected chi connectivity index (χ0v) is 16.3. The Morgan fingerprint density at radius 3 is 2.74 bits per heavy atom. The minimum Gasteiger partial charge on any atom is -0.404 e. The van der Waals surface area contributed by atoms with E-state index in [1.54, 1.807) is 11.0 Å². The molecule has 1 fully saturated rings. The number of nitrogens with two attached hydrogens (primary N) is 2. The molecule has 1 aliphatic rings. The number of aromatic nitrogens is 1. The van der Waals surface area contributed by atoms with E-state index in [4.69, 9.17) is 11.5 Å². The van der Waals surface area contributed by atoms with Gasteiger partial charge in [0.1, 0.15) is 0 Å². The Morgan fingerprint density at radius 2 is 2.07 bits per heavy atom. The quantitative estimate of drug-likeness (QED) is 0.571. The van der Waals surface area contributed by atoms with E-state index >= 15 is 0 Å². The van der Waals surface area contributed by atoms with Crippen LogP contribution in [0.1, 0.15) is 30.0 Å². The van der Waals surface area contributed by atoms with Crippen LogP contribution in [-0.4, -0.2) is 47.9 Å². The summed E-state index contributed by atoms with van der Waals surface area (Å²) in [6, 6.07) is 8.34. The number of carbonyl (C=O) groups excluding carboxylic acids is 1. The maximum Gasteiger partial charge on any atom is 0.255 e. The minimum atomic E-state index is -0.0687. The number of hydrogen-bond donors (Lipinski definition) is 3. The molecule has 1 saturated heterocycles. The lowest BCUT2D eigenvalue weighted by Crippen LogP contribution is -2.40. The van der Waals surface area contributed by atoms with Crippen LogP contribution in [0.25, 0.3) is 10.9 Å². The van der Waals surface area contributed by atoms with Gasteiger partial charge >= 0.3 is 0 Å². The molecule has 1 aliphatic heterocycles. The summed E-state index contributed by atoms with van der Waals surface area (Å²) in [5, 5.41) is 1.25. The van der Waals surface area contributed by atoms with Gasteiger partial charge in [0.25, 0.3) is 5.91 Å². The van der Waals surface area contributed by atoms with Gasteiger partial charge in [-0.25, -0.2) is 0 Å². The monoisotopic (exact) mass is 367 g/mol. The average Bonchev–Trinajstić information content (AvgIpc) is 3.02. The maximum atomic E-state index is 13.0. The topological polar surface area (TPSA) is 91.4 Å². The van der Waals surface area contributed by atoms with Crippen LogP contribution in [0, 0.1) is 6.92 Å². The molecule has 2 heterocycles. The second-order valence-electron chi connectivity index (χ2n) is 7.39. The van der Waals surface area contributed by atoms with E-state index in [9.17, 15) is 4.79 Å². The summed E-state index contributed by atoms with van der Waals surface area (Å²) in [7, 11) is 3.67. The molecule has 1 atom stereocenters. The Labute approximate surface area is 160 Å². The van der Waals surface area contributed by atoms with Crippen LogP contribution in [0.5, 0.6) is 0 Å². The molecule has 0 bridgehead atoms. The normalized spacial score (nSPS) is 18.8. The number of piperidine rings is 1. The zero-order valence-electron chi connectivity index (χ0n) is 16.3. The summed E-state index contributed by atoms with van der Waals surface area (Å²) < 4.78 is 0. The predicted octanol–water partition coefficient (Wildman–Crippen LogP) is 2.39. The van der Waals surface area contributed by atoms with E-state index in [2.05, 4.69) is 30.1 Å². The largest absolute Gasteiger partial charge is 0.404 e. The lowest BCUT2D eigenvalue weighted by molar-refractivity contribution is -0.128. The SMILES string of the molecule is Cc1c(C2CCCN(C(=O)C(=C/N)/C=C(\N)N(C)C)C2)[nH]c2ccccc12. The van der Waals surface area contributed by atoms with Crippen molar-refractivity contribution in [1.82, 2.24) is 14.8 Å². The molecule has 0 aliphatic carbocycles. The van der Waals surface area contributed by atoms with Crippen LogP contribution < -0.4 is 11.5 Å². The van der Waals surface area contributed by atoms with Crippen molar-refractivity contribution >= 4 is 16.8 Å². The summed E-state index contributed by atoms with van der Waals surface area (Å²) >= 11 is 0. The van der Waals surface area contributed by atoms with Gasteiger partial charge < -0.3 is 26.3 Å². The molecule has 27 heavy (non-hydrogen) atoms. The first-order valence-electron chi connectivity index (χ1n) is 9.35. The van der Waals surface area contributed by atoms with E-state index in [-0.39, 0.29) is 5.91 Å². The minimum absolute atomic E-state index is 0.0687. The second-order valence-corrected chi connectivity index (χ2v) is 7.39. The fraction of sp³-hybridized carbons (Fsp3) is 0.381. The molecule has 0 radical (unpaired) electrons. The number of aromatic amines is 1. The van der Waals surface area contributed by atoms with Gasteiger partial charge in [-0.05, 0) is 37.5 Å². The highest BCUT2D eigenvalue weighted by Gasteiger charge is 2.28. The number of nitrogens with zero attached hydrogens (tertiary/aromatic N) is 2. The number of benzene rings is 1. The molecule has 0 spiro atoms. The Hall–Kier alpha value is -2.89. The van der Waals surface area contributed by atoms with Crippen LogP contribution >= 0.6 is 0 Å². The van der Waals surface area contributed by atoms with Crippen LogP contribution in [-0.2, 0) is 4.79 Å². The smallest absolute Gasteiger partial charge is 0.255 e. The van der Waals surface area contributed by atoms with Gasteiger partial charge in [-0.15, -0.1) is 0 Å². The Bertz CT molecular complexity index is 893. The van der Waals surface area contributed by atoms with Gasteiger partial charge in [-0.2, -0.15) is 0 Å². The van der Waals surface area contributed by atoms with E-state index in [1.807, 2.05) is 25.1 Å². The van der Waals surface area contributed by atoms with E-state index < -0.39 is 0 Å². The van der Waals surface area contributed by atoms with Crippen molar-refractivity contribution in [1.29, 1.82) is 0 Å². The fourth-order valence-corrected chi connectivity index (χ4v) is 3.76. The molecule has 1 unspecified atom stereocenters. The van der Waals surface area contributed by atoms with Crippen LogP contribution in [0.15, 0.2) is 47.9 Å². The number of carbonyl (C=O) groups is 1. The van der Waals surface area contributed by atoms with E-state index in [0.717, 1.165) is 24.9 Å². The number of para-hydroxylation sites is 1. The molecule has 3 rings (SSSR count). The van der Waals surface area contributed by atoms with E-state index in [1.165, 1.54) is 22.8 Å². The maximum absolute atomic E-state index is 13.0. The van der Waals surface area contributed by atoms with Crippen molar-refractivity contribution in [3.05, 3.63) is 59.2 Å². The molecular formula is C21H29N5O. The number of nitrogens with one attached hydrogen (secondary N) is 1. The van der Waals surface area contributed by atoms with Crippen molar-refractivity contribution in [2.24, 2.45) is 11.5 Å². The number of aryl methyl sites for hydroxylation is 1. The van der Waals surface area contributed by atoms with Crippen LogP contribution in [0.4, 0.5) is 0 Å². The van der Waals surface area contributed by atoms with Gasteiger partial charge in [-0.3, -0.25) is 4.79 Å². The lowest BCUT2D eigenvalue weighted by atomic mass is 9.92. The standard InChI is InChI=1S/C21H29N5O/c1-14-17-8-4-5-9-18(17)24-20(14)15-7-6-10-26(13-15)21(27)16(12-22)11-19(23)25(2)3/h4-5,8-9,11-12,15,24H,6-7,10,13,22-23H2,1-3H3/b16-12+,19-11+. The Balaban J connectivity index is 1.82. The van der Waals surface area contributed by atoms with Gasteiger partial charge in [0.05, 0.1) is 11.4 Å². The first-order chi connectivity index (χ1) is 12.9. The second kappa shape index (κ2) is 7.78. The predicted molar refractivity (Wildman–Crippen MR) is 110 cm³/mol. The third-order valence-corrected chi connectivity index (χ3v) is 5.37. The van der Waals surface area contributed by atoms with Crippen molar-refractivity contribution in [3.8, 4) is 0 Å². The number of likely N-dealkylation sites (tertiary alicyclic amines) is 1. The highest BCUT2D eigenvalue weighted by Crippen LogP contribution is 2.33. The number of fused-ring (bicyclic) bond motifs is 1. The zero-order chi connectivity index (χ0) is 19.6. The van der Waals surface area contributed by atoms with Gasteiger partial charge in [0, 0.05) is 55.9 Å². The van der Waals surface area contributed by atoms with Crippen molar-refractivity contribution < 1.29 is 4.79 Å². The lowest BCUT2D eigenvalue weighted by Gasteiger charge is -2.33. The van der Waals surface area contributed by atoms with Crippen molar-refractivity contribution in [2.75, 3.05) is 27.2 Å². The third kappa shape index (κ3) is 3.79. The van der Waals surface area contributed by atoms with Crippen molar-refractivity contribution in [2.45, 2.75) is 25.7 Å². The first kappa shape index (κ1) is 18.9. The highest BCUT2D eigenvalue weighted by molar-refractivity contribution is 5.96. The molecule has 144 valence electrons. The summed E-state index contributed by atoms with van der Waals surface area (Å²) in [6.45, 7) is 3.57. The molecule has 2 aromatic rings. The number of rotatable bonds is 4. The molecule has 6 nitrogen and oxygen atoms in total. The summed E-state index contributed by atoms with van der Waals surface area (Å²) in [6.07, 6.45) is 5.02. The molecular weight excluding hydrogens is 338 g/mol. The average molecular weight is 367 g/mol. The Kier molecular flexibility index (Phi) is 5.44. The first-order valence-corrected chi connectivity index (χ1v) is 9.35. The summed E-state index contributed by atoms with van der Waals surface area (Å²) in [4.78, 5) is 20.2. The van der Waals surface area contributed by atoms with E-state index in [0.29, 0.717) is 23.9 Å². The molecule has 1 aromatic heterocycles. The Morgan fingerprint density at radius 1 is 1.33 bits per heavy atom. The molecule has 1 aromatic carbocycles. The third-order valence-electron chi connectivity index (χ3n) is 5.37. The number of amides is 1. The highest BCUT2D eigenvalue weighted by atomic mass is 16.2. The molecule has 6 heteroatoms. The fourth-order valence-electron chi connectivity index (χ4n) is 3.76. The number of H-pyrrole nitrogens is 1. The molecule has 0 saturated carbocycles.